The van der Waals surface area contributed by atoms with Gasteiger partial charge in [-0.3, -0.25) is 0 Å². The number of nitrogens with zero attached hydrogens (tertiary/aromatic N) is 4. The van der Waals surface area contributed by atoms with E-state index in [-0.39, 0.29) is 0 Å². The second-order valence-electron chi connectivity index (χ2n) is 11.7. The van der Waals surface area contributed by atoms with Crippen molar-refractivity contribution in [2.24, 2.45) is 0 Å². The summed E-state index contributed by atoms with van der Waals surface area (Å²) in [5, 5.41) is 4.80. The van der Waals surface area contributed by atoms with Crippen molar-refractivity contribution in [1.29, 1.82) is 0 Å². The fourth-order valence-electron chi connectivity index (χ4n) is 6.63. The standard InChI is InChI=1S/C43H28N4/c1-4-14-29(15-5-1)33-25-26-35-36-27-24-30-16-10-11-21-34(30)40(36)47(39(35)28-33)38-23-13-12-22-37(38)43-45-41(31-17-6-2-7-18-31)44-42(46-43)32-19-8-3-9-20-32/h1-28H. The molecule has 4 nitrogen and oxygen atoms in total. The van der Waals surface area contributed by atoms with Gasteiger partial charge in [-0.05, 0) is 34.7 Å². The Kier molecular flexibility index (Phi) is 6.43. The van der Waals surface area contributed by atoms with Gasteiger partial charge in [0.1, 0.15) is 0 Å². The summed E-state index contributed by atoms with van der Waals surface area (Å²) in [6, 6.07) is 59.2. The first kappa shape index (κ1) is 27.0. The molecule has 4 heteroatoms. The van der Waals surface area contributed by atoms with Crippen molar-refractivity contribution in [1.82, 2.24) is 19.5 Å². The molecule has 0 fully saturated rings. The summed E-state index contributed by atoms with van der Waals surface area (Å²) in [5.74, 6) is 1.91. The highest BCUT2D eigenvalue weighted by atomic mass is 15.1. The van der Waals surface area contributed by atoms with E-state index in [0.29, 0.717) is 17.5 Å². The van der Waals surface area contributed by atoms with E-state index in [2.05, 4.69) is 114 Å². The molecule has 9 rings (SSSR count). The molecular weight excluding hydrogens is 573 g/mol. The van der Waals surface area contributed by atoms with Gasteiger partial charge in [0.15, 0.2) is 17.5 Å². The Morgan fingerprint density at radius 2 is 0.915 bits per heavy atom. The summed E-state index contributed by atoms with van der Waals surface area (Å²) in [5.41, 5.74) is 8.48. The maximum Gasteiger partial charge on any atom is 0.166 e. The van der Waals surface area contributed by atoms with E-state index in [0.717, 1.165) is 33.4 Å². The fraction of sp³-hybridized carbons (Fsp3) is 0. The van der Waals surface area contributed by atoms with E-state index >= 15 is 0 Å². The van der Waals surface area contributed by atoms with Crippen LogP contribution in [0.1, 0.15) is 0 Å². The molecule has 47 heavy (non-hydrogen) atoms. The average molecular weight is 601 g/mol. The predicted octanol–water partition coefficient (Wildman–Crippen LogP) is 10.8. The summed E-state index contributed by atoms with van der Waals surface area (Å²) in [4.78, 5) is 15.2. The molecule has 0 unspecified atom stereocenters. The van der Waals surface area contributed by atoms with Crippen LogP contribution in [0, 0.1) is 0 Å². The summed E-state index contributed by atoms with van der Waals surface area (Å²) in [6.07, 6.45) is 0. The molecule has 0 aliphatic heterocycles. The highest BCUT2D eigenvalue weighted by Crippen LogP contribution is 2.40. The molecule has 2 aromatic heterocycles. The third-order valence-electron chi connectivity index (χ3n) is 8.85. The third-order valence-corrected chi connectivity index (χ3v) is 8.85. The van der Waals surface area contributed by atoms with Gasteiger partial charge in [0.25, 0.3) is 0 Å². The lowest BCUT2D eigenvalue weighted by Gasteiger charge is -2.15. The second kappa shape index (κ2) is 11.2. The normalized spacial score (nSPS) is 11.4. The Bertz CT molecular complexity index is 2500. The van der Waals surface area contributed by atoms with Crippen molar-refractivity contribution < 1.29 is 0 Å². The monoisotopic (exact) mass is 600 g/mol. The third kappa shape index (κ3) is 4.66. The van der Waals surface area contributed by atoms with Gasteiger partial charge in [0.2, 0.25) is 0 Å². The van der Waals surface area contributed by atoms with Crippen LogP contribution in [0.3, 0.4) is 0 Å². The van der Waals surface area contributed by atoms with Gasteiger partial charge in [0, 0.05) is 32.8 Å². The van der Waals surface area contributed by atoms with E-state index in [1.165, 1.54) is 32.7 Å². The predicted molar refractivity (Wildman–Crippen MR) is 193 cm³/mol. The van der Waals surface area contributed by atoms with Gasteiger partial charge < -0.3 is 4.57 Å². The van der Waals surface area contributed by atoms with E-state index in [9.17, 15) is 0 Å². The minimum atomic E-state index is 0.628. The van der Waals surface area contributed by atoms with Crippen LogP contribution in [0.25, 0.3) is 83.6 Å². The van der Waals surface area contributed by atoms with Gasteiger partial charge >= 0.3 is 0 Å². The van der Waals surface area contributed by atoms with Crippen LogP contribution in [-0.4, -0.2) is 19.5 Å². The van der Waals surface area contributed by atoms with Crippen LogP contribution in [0.5, 0.6) is 0 Å². The molecule has 0 spiro atoms. The van der Waals surface area contributed by atoms with Crippen LogP contribution < -0.4 is 0 Å². The SMILES string of the molecule is c1ccc(-c2ccc3c4ccc5ccccc5c4n(-c4ccccc4-c4nc(-c5ccccc5)nc(-c5ccccc5)n4)c3c2)cc1. The molecule has 9 aromatic rings. The summed E-state index contributed by atoms with van der Waals surface area (Å²) in [7, 11) is 0. The topological polar surface area (TPSA) is 43.6 Å². The number of para-hydroxylation sites is 1. The molecule has 0 saturated heterocycles. The summed E-state index contributed by atoms with van der Waals surface area (Å²) >= 11 is 0. The van der Waals surface area contributed by atoms with Gasteiger partial charge in [-0.1, -0.05) is 152 Å². The first-order valence-corrected chi connectivity index (χ1v) is 15.8. The number of rotatable bonds is 5. The van der Waals surface area contributed by atoms with Crippen LogP contribution in [-0.2, 0) is 0 Å². The molecule has 0 aliphatic rings. The number of aromatic nitrogens is 4. The van der Waals surface area contributed by atoms with Gasteiger partial charge in [0.05, 0.1) is 16.7 Å². The molecule has 0 saturated carbocycles. The van der Waals surface area contributed by atoms with Crippen LogP contribution >= 0.6 is 0 Å². The highest BCUT2D eigenvalue weighted by Gasteiger charge is 2.20. The van der Waals surface area contributed by atoms with Crippen molar-refractivity contribution in [2.45, 2.75) is 0 Å². The molecule has 7 aromatic carbocycles. The summed E-state index contributed by atoms with van der Waals surface area (Å²) in [6.45, 7) is 0. The van der Waals surface area contributed by atoms with Crippen molar-refractivity contribution >= 4 is 32.6 Å². The number of fused-ring (bicyclic) bond motifs is 5. The van der Waals surface area contributed by atoms with Crippen molar-refractivity contribution in [3.8, 4) is 51.0 Å². The largest absolute Gasteiger partial charge is 0.308 e. The smallest absolute Gasteiger partial charge is 0.166 e. The Balaban J connectivity index is 1.37. The zero-order valence-electron chi connectivity index (χ0n) is 25.5. The molecule has 0 N–H and O–H groups in total. The fourth-order valence-corrected chi connectivity index (χ4v) is 6.63. The van der Waals surface area contributed by atoms with E-state index in [4.69, 9.17) is 15.0 Å². The lowest BCUT2D eigenvalue weighted by atomic mass is 10.0. The van der Waals surface area contributed by atoms with Crippen molar-refractivity contribution in [2.75, 3.05) is 0 Å². The first-order valence-electron chi connectivity index (χ1n) is 15.8. The molecule has 0 aliphatic carbocycles. The van der Waals surface area contributed by atoms with Crippen LogP contribution in [0.4, 0.5) is 0 Å². The Morgan fingerprint density at radius 1 is 0.362 bits per heavy atom. The number of hydrogen-bond donors (Lipinski definition) is 0. The molecule has 0 amide bonds. The second-order valence-corrected chi connectivity index (χ2v) is 11.7. The number of hydrogen-bond acceptors (Lipinski definition) is 3. The quantitative estimate of drug-likeness (QED) is 0.197. The minimum absolute atomic E-state index is 0.628. The zero-order chi connectivity index (χ0) is 31.2. The van der Waals surface area contributed by atoms with Gasteiger partial charge in [-0.15, -0.1) is 0 Å². The molecular formula is C43H28N4. The molecule has 0 radical (unpaired) electrons. The lowest BCUT2D eigenvalue weighted by Crippen LogP contribution is -2.03. The van der Waals surface area contributed by atoms with Gasteiger partial charge in [-0.25, -0.2) is 15.0 Å². The maximum absolute atomic E-state index is 5.12. The lowest BCUT2D eigenvalue weighted by molar-refractivity contribution is 1.06. The van der Waals surface area contributed by atoms with E-state index in [1.54, 1.807) is 0 Å². The van der Waals surface area contributed by atoms with Crippen LogP contribution in [0.15, 0.2) is 170 Å². The number of benzene rings is 7. The molecule has 2 heterocycles. The zero-order valence-corrected chi connectivity index (χ0v) is 25.5. The van der Waals surface area contributed by atoms with Gasteiger partial charge in [-0.2, -0.15) is 0 Å². The van der Waals surface area contributed by atoms with Crippen molar-refractivity contribution in [3.63, 3.8) is 0 Å². The molecule has 220 valence electrons. The maximum atomic E-state index is 5.12. The Morgan fingerprint density at radius 3 is 1.62 bits per heavy atom. The Labute approximate surface area is 272 Å². The van der Waals surface area contributed by atoms with E-state index < -0.39 is 0 Å². The first-order chi connectivity index (χ1) is 23.3. The highest BCUT2D eigenvalue weighted by molar-refractivity contribution is 6.19. The minimum Gasteiger partial charge on any atom is -0.308 e. The van der Waals surface area contributed by atoms with Crippen molar-refractivity contribution in [3.05, 3.63) is 170 Å². The molecule has 0 bridgehead atoms. The average Bonchev–Trinajstić information content (AvgIpc) is 3.50. The summed E-state index contributed by atoms with van der Waals surface area (Å²) < 4.78 is 2.41. The van der Waals surface area contributed by atoms with E-state index in [1.807, 2.05) is 60.7 Å². The molecule has 0 atom stereocenters. The van der Waals surface area contributed by atoms with Crippen LogP contribution in [0.2, 0.25) is 0 Å². The Hall–Kier alpha value is -6.39.